The van der Waals surface area contributed by atoms with Crippen LogP contribution in [0.15, 0.2) is 0 Å². The van der Waals surface area contributed by atoms with Gasteiger partial charge in [0.2, 0.25) is 0 Å². The number of carboxylic acids is 1. The van der Waals surface area contributed by atoms with Gasteiger partial charge in [-0.2, -0.15) is 0 Å². The zero-order valence-electron chi connectivity index (χ0n) is 19.9. The molecule has 0 aromatic heterocycles. The number of carbonyl (C=O) groups is 1. The van der Waals surface area contributed by atoms with E-state index in [0.717, 1.165) is 0 Å². The summed E-state index contributed by atoms with van der Waals surface area (Å²) in [5, 5.41) is 9.15. The van der Waals surface area contributed by atoms with Crippen LogP contribution in [0.3, 0.4) is 0 Å². The quantitative estimate of drug-likeness (QED) is 0.668. The molecule has 0 aliphatic heterocycles. The predicted octanol–water partition coefficient (Wildman–Crippen LogP) is 2.29. The Labute approximate surface area is 83.3 Å². The third-order valence-electron chi connectivity index (χ3n) is 0.589. The van der Waals surface area contributed by atoms with Crippen LogP contribution in [0.5, 0.6) is 0 Å². The van der Waals surface area contributed by atoms with Crippen molar-refractivity contribution < 1.29 is 30.5 Å². The number of aliphatic carboxylic acids is 1. The molecule has 0 heterocycles. The monoisotopic (exact) mass is 159 g/mol. The molecule has 0 rings (SSSR count). The first kappa shape index (κ1) is 1.23. The van der Waals surface area contributed by atoms with Crippen molar-refractivity contribution in [3.63, 3.8) is 0 Å². The first-order valence-corrected chi connectivity index (χ1v) is 2.18. The van der Waals surface area contributed by atoms with Crippen LogP contribution in [0.2, 0.25) is 0 Å². The Morgan fingerprint density at radius 2 is 2.70 bits per heavy atom. The summed E-state index contributed by atoms with van der Waals surface area (Å²) in [5.74, 6) is -7.14. The molecular formula is C8H16O2. The lowest BCUT2D eigenvalue weighted by atomic mass is 10.00. The molecular weight excluding hydrogens is 128 g/mol. The zero-order valence-corrected chi connectivity index (χ0v) is 4.86. The maximum atomic E-state index is 11.4. The molecule has 2 nitrogen and oxygen atoms in total. The van der Waals surface area contributed by atoms with Gasteiger partial charge in [0.15, 0.2) is 0 Å². The summed E-state index contributed by atoms with van der Waals surface area (Å²) in [5.41, 5.74) is 0. The van der Waals surface area contributed by atoms with Crippen molar-refractivity contribution >= 4 is 5.97 Å². The summed E-state index contributed by atoms with van der Waals surface area (Å²) < 4.78 is 110. The largest absolute Gasteiger partial charge is 0.481 e. The molecule has 0 radical (unpaired) electrons. The third-order valence-corrected chi connectivity index (χ3v) is 0.589. The Bertz CT molecular complexity index is 529. The Morgan fingerprint density at radius 1 is 1.90 bits per heavy atom. The average Bonchev–Trinajstić information content (AvgIpc) is 2.33. The maximum absolute atomic E-state index is 11.4. The van der Waals surface area contributed by atoms with Gasteiger partial charge in [0, 0.05) is 20.6 Å². The van der Waals surface area contributed by atoms with E-state index in [1.807, 2.05) is 0 Å². The van der Waals surface area contributed by atoms with Crippen LogP contribution < -0.4 is 0 Å². The second kappa shape index (κ2) is 5.27. The lowest BCUT2D eigenvalue weighted by Gasteiger charge is -2.06. The van der Waals surface area contributed by atoms with Crippen LogP contribution in [0.25, 0.3) is 0 Å². The Kier molecular flexibility index (Phi) is 0.650. The Balaban J connectivity index is 6.85. The highest BCUT2D eigenvalue weighted by Crippen LogP contribution is 2.11. The molecule has 0 fully saturated rings. The number of carboxylic acid groups (broad SMARTS) is 1. The van der Waals surface area contributed by atoms with Crippen LogP contribution in [-0.4, -0.2) is 11.1 Å². The second-order valence-corrected chi connectivity index (χ2v) is 1.18. The van der Waals surface area contributed by atoms with E-state index in [1.54, 1.807) is 0 Å². The molecule has 0 saturated heterocycles. The van der Waals surface area contributed by atoms with Gasteiger partial charge >= 0.3 is 5.97 Å². The molecule has 0 saturated carbocycles. The van der Waals surface area contributed by atoms with Gasteiger partial charge in [0.25, 0.3) is 0 Å². The topological polar surface area (TPSA) is 37.3 Å². The molecule has 0 aliphatic rings. The van der Waals surface area contributed by atoms with Crippen LogP contribution in [0, 0.1) is 5.89 Å². The molecule has 2 heteroatoms. The summed E-state index contributed by atoms with van der Waals surface area (Å²) in [6.07, 6.45) is -17.0. The molecule has 0 unspecified atom stereocenters. The molecule has 1 atom stereocenters. The maximum Gasteiger partial charge on any atom is 0.306 e. The van der Waals surface area contributed by atoms with Gasteiger partial charge in [-0.05, 0) is 12.7 Å². The van der Waals surface area contributed by atoms with E-state index in [2.05, 4.69) is 0 Å². The van der Waals surface area contributed by atoms with Gasteiger partial charge in [-0.3, -0.25) is 4.79 Å². The highest BCUT2D eigenvalue weighted by atomic mass is 16.4. The van der Waals surface area contributed by atoms with Crippen LogP contribution in [-0.2, 0) is 4.79 Å². The molecule has 0 aromatic rings. The second-order valence-electron chi connectivity index (χ2n) is 1.18. The fourth-order valence-corrected chi connectivity index (χ4v) is 0.232. The minimum absolute atomic E-state index is 2.73. The molecule has 60 valence electrons. The fourth-order valence-electron chi connectivity index (χ4n) is 0.232. The number of hydrogen-bond acceptors (Lipinski definition) is 1. The number of hydrogen-bond donors (Lipinski definition) is 1. The van der Waals surface area contributed by atoms with E-state index in [9.17, 15) is 4.79 Å². The van der Waals surface area contributed by atoms with E-state index < -0.39 is 51.1 Å². The van der Waals surface area contributed by atoms with Crippen molar-refractivity contribution in [3.05, 3.63) is 0 Å². The van der Waals surface area contributed by atoms with Gasteiger partial charge in [0.1, 0.15) is 0 Å². The third kappa shape index (κ3) is 3.49. The first-order valence-electron chi connectivity index (χ1n) is 9.68. The predicted molar refractivity (Wildman–Crippen MR) is 40.9 cm³/mol. The van der Waals surface area contributed by atoms with Gasteiger partial charge < -0.3 is 5.11 Å². The highest BCUT2D eigenvalue weighted by molar-refractivity contribution is 5.69. The lowest BCUT2D eigenvalue weighted by molar-refractivity contribution is -0.142. The molecule has 1 N–H and O–H groups in total. The summed E-state index contributed by atoms with van der Waals surface area (Å²) in [6.45, 7) is -7.74. The van der Waals surface area contributed by atoms with Crippen molar-refractivity contribution in [2.45, 2.75) is 39.2 Å². The molecule has 0 amide bonds. The van der Waals surface area contributed by atoms with E-state index >= 15 is 0 Å². The minimum atomic E-state index is -4.42. The van der Waals surface area contributed by atoms with E-state index in [-0.39, 0.29) is 0 Å². The van der Waals surface area contributed by atoms with Crippen molar-refractivity contribution in [2.24, 2.45) is 5.89 Å². The Hall–Kier alpha value is -0.530. The van der Waals surface area contributed by atoms with E-state index in [0.29, 0.717) is 0 Å². The summed E-state index contributed by atoms with van der Waals surface area (Å²) in [6, 6.07) is 0. The zero-order chi connectivity index (χ0) is 21.1. The summed E-state index contributed by atoms with van der Waals surface area (Å²) in [7, 11) is 0. The summed E-state index contributed by atoms with van der Waals surface area (Å²) in [4.78, 5) is 11.4. The van der Waals surface area contributed by atoms with Gasteiger partial charge in [0.05, 0.1) is 5.89 Å². The van der Waals surface area contributed by atoms with Gasteiger partial charge in [-0.15, -0.1) is 0 Å². The van der Waals surface area contributed by atoms with Gasteiger partial charge in [-0.25, -0.2) is 0 Å². The van der Waals surface area contributed by atoms with Crippen LogP contribution >= 0.6 is 0 Å². The highest BCUT2D eigenvalue weighted by Gasteiger charge is 2.12. The standard InChI is InChI=1S/C8H16O2/c1-3-5-6-7(4-2)8(9)10/h7H,3-6H2,1-2H3,(H,9,10)/t7-/m1/s1/i1D3,2D3,3D2,4D2,5D2,6D2,7D. The average molecular weight is 159 g/mol. The van der Waals surface area contributed by atoms with Crippen molar-refractivity contribution in [1.82, 2.24) is 0 Å². The minimum Gasteiger partial charge on any atom is -0.481 e. The smallest absolute Gasteiger partial charge is 0.306 e. The number of rotatable bonds is 5. The van der Waals surface area contributed by atoms with E-state index in [4.69, 9.17) is 25.7 Å². The van der Waals surface area contributed by atoms with Crippen molar-refractivity contribution in [2.75, 3.05) is 0 Å². The molecule has 0 spiro atoms. The lowest BCUT2D eigenvalue weighted by Crippen LogP contribution is -2.11. The SMILES string of the molecule is [2H]C([2H])([2H])C([2H])([2H])C([2H])([2H])C([2H])([2H])[C@]([2H])(C(=O)O)C([2H])([2H])C([2H])([2H])[2H]. The molecule has 0 aromatic carbocycles. The van der Waals surface area contributed by atoms with Crippen molar-refractivity contribution in [1.29, 1.82) is 0 Å². The fraction of sp³-hybridized carbons (Fsp3) is 0.875. The molecule has 0 aliphatic carbocycles. The normalized spacial score (nSPS) is 46.6. The Morgan fingerprint density at radius 3 is 3.20 bits per heavy atom. The van der Waals surface area contributed by atoms with E-state index in [1.165, 1.54) is 0 Å². The molecule has 0 bridgehead atoms. The molecule has 10 heavy (non-hydrogen) atoms. The summed E-state index contributed by atoms with van der Waals surface area (Å²) >= 11 is 0. The first-order chi connectivity index (χ1) is 10.4. The van der Waals surface area contributed by atoms with Crippen LogP contribution in [0.4, 0.5) is 0 Å². The van der Waals surface area contributed by atoms with Crippen molar-refractivity contribution in [3.8, 4) is 0 Å². The van der Waals surface area contributed by atoms with Gasteiger partial charge in [-0.1, -0.05) is 26.4 Å². The van der Waals surface area contributed by atoms with Crippen LogP contribution in [0.1, 0.15) is 59.8 Å².